The third kappa shape index (κ3) is 3.79. The molecule has 20 heavy (non-hydrogen) atoms. The Morgan fingerprint density at radius 2 is 1.60 bits per heavy atom. The fourth-order valence-corrected chi connectivity index (χ4v) is 2.03. The van der Waals surface area contributed by atoms with Gasteiger partial charge in [-0.1, -0.05) is 12.1 Å². The van der Waals surface area contributed by atoms with E-state index in [0.717, 1.165) is 0 Å². The van der Waals surface area contributed by atoms with E-state index in [2.05, 4.69) is 0 Å². The molecule has 0 unspecified atom stereocenters. The van der Waals surface area contributed by atoms with Crippen LogP contribution in [0.4, 0.5) is 0 Å². The van der Waals surface area contributed by atoms with Crippen LogP contribution in [0.2, 0.25) is 0 Å². The van der Waals surface area contributed by atoms with Gasteiger partial charge in [-0.05, 0) is 24.0 Å². The van der Waals surface area contributed by atoms with E-state index in [-0.39, 0.29) is 24.2 Å². The molecule has 0 heterocycles. The molecule has 0 bridgehead atoms. The SMILES string of the molecule is COCCc1ccc(C(=O)[O-])c(C(=O)[O-])c1CCOC. The Hall–Kier alpha value is -1.92. The molecule has 110 valence electrons. The number of carboxylic acid groups (broad SMARTS) is 2. The standard InChI is InChI=1S/C14H18O6/c1-19-7-5-9-3-4-11(13(15)16)12(14(17)18)10(9)6-8-20-2/h3-4H,5-8H2,1-2H3,(H,15,16)(H,17,18)/p-2. The molecule has 0 radical (unpaired) electrons. The van der Waals surface area contributed by atoms with Gasteiger partial charge in [0.15, 0.2) is 0 Å². The molecule has 6 heteroatoms. The highest BCUT2D eigenvalue weighted by molar-refractivity contribution is 6.01. The summed E-state index contributed by atoms with van der Waals surface area (Å²) in [4.78, 5) is 22.3. The summed E-state index contributed by atoms with van der Waals surface area (Å²) in [5.74, 6) is -3.07. The Bertz CT molecular complexity index is 495. The topological polar surface area (TPSA) is 98.7 Å². The first-order chi connectivity index (χ1) is 9.52. The Morgan fingerprint density at radius 1 is 1.00 bits per heavy atom. The second-order valence-corrected chi connectivity index (χ2v) is 4.19. The minimum atomic E-state index is -1.54. The molecule has 0 fully saturated rings. The van der Waals surface area contributed by atoms with Crippen molar-refractivity contribution in [3.63, 3.8) is 0 Å². The van der Waals surface area contributed by atoms with Crippen LogP contribution in [0.1, 0.15) is 31.8 Å². The number of rotatable bonds is 8. The normalized spacial score (nSPS) is 10.5. The largest absolute Gasteiger partial charge is 0.545 e. The van der Waals surface area contributed by atoms with Crippen molar-refractivity contribution in [2.75, 3.05) is 27.4 Å². The Morgan fingerprint density at radius 3 is 2.10 bits per heavy atom. The van der Waals surface area contributed by atoms with Crippen LogP contribution in [-0.4, -0.2) is 39.4 Å². The highest BCUT2D eigenvalue weighted by Gasteiger charge is 2.15. The van der Waals surface area contributed by atoms with Crippen LogP contribution in [0.25, 0.3) is 0 Å². The van der Waals surface area contributed by atoms with Gasteiger partial charge in [-0.25, -0.2) is 0 Å². The summed E-state index contributed by atoms with van der Waals surface area (Å²) < 4.78 is 9.89. The van der Waals surface area contributed by atoms with Crippen molar-refractivity contribution in [3.8, 4) is 0 Å². The Labute approximate surface area is 116 Å². The molecule has 1 rings (SSSR count). The average Bonchev–Trinajstić information content (AvgIpc) is 2.41. The lowest BCUT2D eigenvalue weighted by Crippen LogP contribution is -2.32. The highest BCUT2D eigenvalue weighted by atomic mass is 16.5. The zero-order valence-corrected chi connectivity index (χ0v) is 11.4. The summed E-state index contributed by atoms with van der Waals surface area (Å²) in [6.45, 7) is 0.675. The lowest BCUT2D eigenvalue weighted by molar-refractivity contribution is -0.259. The third-order valence-electron chi connectivity index (χ3n) is 2.97. The van der Waals surface area contributed by atoms with E-state index in [1.807, 2.05) is 0 Å². The van der Waals surface area contributed by atoms with E-state index in [0.29, 0.717) is 24.2 Å². The number of benzene rings is 1. The molecular formula is C14H16O6-2. The van der Waals surface area contributed by atoms with E-state index < -0.39 is 11.9 Å². The predicted octanol–water partition coefficient (Wildman–Crippen LogP) is -1.21. The maximum atomic E-state index is 11.3. The fourth-order valence-electron chi connectivity index (χ4n) is 2.03. The minimum Gasteiger partial charge on any atom is -0.545 e. The first kappa shape index (κ1) is 16.1. The van der Waals surface area contributed by atoms with Crippen LogP contribution >= 0.6 is 0 Å². The number of carbonyl (C=O) groups excluding carboxylic acids is 2. The van der Waals surface area contributed by atoms with Crippen molar-refractivity contribution >= 4 is 11.9 Å². The highest BCUT2D eigenvalue weighted by Crippen LogP contribution is 2.21. The number of hydrogen-bond acceptors (Lipinski definition) is 6. The lowest BCUT2D eigenvalue weighted by Gasteiger charge is -2.20. The number of methoxy groups -OCH3 is 2. The molecule has 1 aromatic rings. The molecule has 0 amide bonds. The second-order valence-electron chi connectivity index (χ2n) is 4.19. The van der Waals surface area contributed by atoms with Gasteiger partial charge in [0.2, 0.25) is 0 Å². The van der Waals surface area contributed by atoms with Gasteiger partial charge < -0.3 is 29.3 Å². The number of carbonyl (C=O) groups is 2. The number of aromatic carboxylic acids is 2. The van der Waals surface area contributed by atoms with E-state index in [9.17, 15) is 19.8 Å². The van der Waals surface area contributed by atoms with Crippen LogP contribution in [0.15, 0.2) is 12.1 Å². The number of carboxylic acids is 2. The van der Waals surface area contributed by atoms with Crippen molar-refractivity contribution in [1.29, 1.82) is 0 Å². The first-order valence-corrected chi connectivity index (χ1v) is 6.08. The monoisotopic (exact) mass is 280 g/mol. The Balaban J connectivity index is 3.35. The maximum Gasteiger partial charge on any atom is 0.0724 e. The molecule has 0 aliphatic rings. The fraction of sp³-hybridized carbons (Fsp3) is 0.429. The average molecular weight is 280 g/mol. The summed E-state index contributed by atoms with van der Waals surface area (Å²) in [6.07, 6.45) is 0.753. The van der Waals surface area contributed by atoms with Gasteiger partial charge in [0.05, 0.1) is 25.2 Å². The molecule has 1 aromatic carbocycles. The van der Waals surface area contributed by atoms with Gasteiger partial charge >= 0.3 is 0 Å². The van der Waals surface area contributed by atoms with Gasteiger partial charge in [-0.2, -0.15) is 0 Å². The molecule has 0 saturated carbocycles. The van der Waals surface area contributed by atoms with Crippen molar-refractivity contribution in [3.05, 3.63) is 34.4 Å². The third-order valence-corrected chi connectivity index (χ3v) is 2.97. The molecule has 0 aliphatic heterocycles. The molecule has 0 N–H and O–H groups in total. The van der Waals surface area contributed by atoms with Crippen LogP contribution in [-0.2, 0) is 22.3 Å². The van der Waals surface area contributed by atoms with Crippen molar-refractivity contribution in [2.24, 2.45) is 0 Å². The van der Waals surface area contributed by atoms with Crippen molar-refractivity contribution in [1.82, 2.24) is 0 Å². The smallest absolute Gasteiger partial charge is 0.0724 e. The van der Waals surface area contributed by atoms with Crippen LogP contribution in [0, 0.1) is 0 Å². The van der Waals surface area contributed by atoms with Crippen LogP contribution in [0.3, 0.4) is 0 Å². The zero-order chi connectivity index (χ0) is 15.1. The summed E-state index contributed by atoms with van der Waals surface area (Å²) >= 11 is 0. The van der Waals surface area contributed by atoms with E-state index >= 15 is 0 Å². The van der Waals surface area contributed by atoms with Gasteiger partial charge in [-0.15, -0.1) is 0 Å². The van der Waals surface area contributed by atoms with Crippen LogP contribution < -0.4 is 10.2 Å². The molecule has 0 aromatic heterocycles. The molecule has 0 atom stereocenters. The summed E-state index contributed by atoms with van der Waals surface area (Å²) in [7, 11) is 3.01. The predicted molar refractivity (Wildman–Crippen MR) is 66.3 cm³/mol. The molecule has 0 saturated heterocycles. The molecular weight excluding hydrogens is 264 g/mol. The summed E-state index contributed by atoms with van der Waals surface area (Å²) in [5.41, 5.74) is 0.381. The summed E-state index contributed by atoms with van der Waals surface area (Å²) in [6, 6.07) is 2.79. The molecule has 6 nitrogen and oxygen atoms in total. The van der Waals surface area contributed by atoms with Crippen molar-refractivity contribution in [2.45, 2.75) is 12.8 Å². The van der Waals surface area contributed by atoms with E-state index in [1.165, 1.54) is 20.3 Å². The Kier molecular flexibility index (Phi) is 6.14. The van der Waals surface area contributed by atoms with Gasteiger partial charge in [-0.3, -0.25) is 0 Å². The molecule has 0 spiro atoms. The maximum absolute atomic E-state index is 11.3. The quantitative estimate of drug-likeness (QED) is 0.592. The lowest BCUT2D eigenvalue weighted by atomic mass is 9.92. The minimum absolute atomic E-state index is 0.275. The second kappa shape index (κ2) is 7.62. The van der Waals surface area contributed by atoms with E-state index in [4.69, 9.17) is 9.47 Å². The van der Waals surface area contributed by atoms with Crippen LogP contribution in [0.5, 0.6) is 0 Å². The van der Waals surface area contributed by atoms with Gasteiger partial charge in [0.25, 0.3) is 0 Å². The number of hydrogen-bond donors (Lipinski definition) is 0. The zero-order valence-electron chi connectivity index (χ0n) is 11.4. The number of ether oxygens (including phenoxy) is 2. The van der Waals surface area contributed by atoms with E-state index in [1.54, 1.807) is 6.07 Å². The first-order valence-electron chi connectivity index (χ1n) is 6.08. The van der Waals surface area contributed by atoms with Crippen molar-refractivity contribution < 1.29 is 29.3 Å². The van der Waals surface area contributed by atoms with Gasteiger partial charge in [0.1, 0.15) is 0 Å². The summed E-state index contributed by atoms with van der Waals surface area (Å²) in [5, 5.41) is 22.3. The van der Waals surface area contributed by atoms with Gasteiger partial charge in [0, 0.05) is 25.3 Å². The molecule has 0 aliphatic carbocycles.